The molecule has 23 heavy (non-hydrogen) atoms. The van der Waals surface area contributed by atoms with Crippen LogP contribution in [0.25, 0.3) is 0 Å². The topological polar surface area (TPSA) is 75.6 Å². The van der Waals surface area contributed by atoms with E-state index in [1.165, 1.54) is 0 Å². The van der Waals surface area contributed by atoms with Crippen LogP contribution in [0.3, 0.4) is 0 Å². The molecule has 6 nitrogen and oxygen atoms in total. The molecule has 2 aromatic heterocycles. The van der Waals surface area contributed by atoms with Crippen molar-refractivity contribution in [3.63, 3.8) is 0 Å². The van der Waals surface area contributed by atoms with E-state index in [-0.39, 0.29) is 29.4 Å². The van der Waals surface area contributed by atoms with E-state index >= 15 is 0 Å². The van der Waals surface area contributed by atoms with Gasteiger partial charge in [0.2, 0.25) is 5.89 Å². The Morgan fingerprint density at radius 3 is 2.65 bits per heavy atom. The molecule has 2 rings (SSSR count). The third kappa shape index (κ3) is 6.25. The van der Waals surface area contributed by atoms with Crippen molar-refractivity contribution in [2.75, 3.05) is 6.54 Å². The van der Waals surface area contributed by atoms with Crippen LogP contribution >= 0.6 is 24.0 Å². The van der Waals surface area contributed by atoms with Crippen LogP contribution < -0.4 is 10.6 Å². The Kier molecular flexibility index (Phi) is 7.60. The lowest BCUT2D eigenvalue weighted by atomic mass is 9.94. The summed E-state index contributed by atoms with van der Waals surface area (Å²) in [5.41, 5.74) is -0.0386. The maximum absolute atomic E-state index is 5.75. The van der Waals surface area contributed by atoms with Crippen molar-refractivity contribution in [3.05, 3.63) is 42.0 Å². The van der Waals surface area contributed by atoms with Crippen molar-refractivity contribution in [1.82, 2.24) is 15.6 Å². The Bertz CT molecular complexity index is 600. The zero-order valence-electron chi connectivity index (χ0n) is 14.0. The van der Waals surface area contributed by atoms with Gasteiger partial charge >= 0.3 is 0 Å². The van der Waals surface area contributed by atoms with Crippen LogP contribution in [0.4, 0.5) is 0 Å². The second-order valence-corrected chi connectivity index (χ2v) is 6.00. The van der Waals surface area contributed by atoms with E-state index in [1.807, 2.05) is 19.1 Å². The lowest BCUT2D eigenvalue weighted by Crippen LogP contribution is -2.36. The highest BCUT2D eigenvalue weighted by Gasteiger charge is 2.19. The molecule has 0 atom stereocenters. The summed E-state index contributed by atoms with van der Waals surface area (Å²) in [4.78, 5) is 8.75. The van der Waals surface area contributed by atoms with Crippen LogP contribution in [0.2, 0.25) is 0 Å². The quantitative estimate of drug-likeness (QED) is 0.430. The van der Waals surface area contributed by atoms with E-state index in [2.05, 4.69) is 41.4 Å². The molecule has 0 unspecified atom stereocenters. The fourth-order valence-corrected chi connectivity index (χ4v) is 1.80. The Labute approximate surface area is 154 Å². The van der Waals surface area contributed by atoms with Gasteiger partial charge in [0.05, 0.1) is 19.0 Å². The normalized spacial score (nSPS) is 11.9. The van der Waals surface area contributed by atoms with Crippen molar-refractivity contribution in [2.24, 2.45) is 4.99 Å². The van der Waals surface area contributed by atoms with Crippen LogP contribution in [-0.2, 0) is 18.5 Å². The highest BCUT2D eigenvalue weighted by Crippen LogP contribution is 2.22. The number of aromatic nitrogens is 1. The first-order chi connectivity index (χ1) is 10.5. The predicted octanol–water partition coefficient (Wildman–Crippen LogP) is 3.44. The second-order valence-electron chi connectivity index (χ2n) is 6.00. The van der Waals surface area contributed by atoms with Gasteiger partial charge in [-0.3, -0.25) is 0 Å². The minimum Gasteiger partial charge on any atom is -0.467 e. The number of hydrogen-bond donors (Lipinski definition) is 2. The number of aliphatic imine (C=N–C) groups is 1. The van der Waals surface area contributed by atoms with Gasteiger partial charge in [0, 0.05) is 12.0 Å². The van der Waals surface area contributed by atoms with Crippen LogP contribution in [0.15, 0.2) is 38.4 Å². The molecule has 0 aliphatic rings. The molecule has 0 aliphatic carbocycles. The summed E-state index contributed by atoms with van der Waals surface area (Å²) >= 11 is 0. The summed E-state index contributed by atoms with van der Waals surface area (Å²) < 4.78 is 11.0. The summed E-state index contributed by atoms with van der Waals surface area (Å²) in [5.74, 6) is 3.05. The number of rotatable bonds is 5. The monoisotopic (exact) mass is 432 g/mol. The van der Waals surface area contributed by atoms with E-state index in [0.29, 0.717) is 24.9 Å². The summed E-state index contributed by atoms with van der Waals surface area (Å²) in [7, 11) is 0. The molecule has 0 fully saturated rings. The molecule has 2 aromatic rings. The smallest absolute Gasteiger partial charge is 0.213 e. The number of hydrogen-bond acceptors (Lipinski definition) is 4. The fourth-order valence-electron chi connectivity index (χ4n) is 1.80. The largest absolute Gasteiger partial charge is 0.467 e. The Morgan fingerprint density at radius 2 is 2.09 bits per heavy atom. The minimum atomic E-state index is -0.0386. The number of guanidine groups is 1. The van der Waals surface area contributed by atoms with Gasteiger partial charge in [-0.05, 0) is 19.1 Å². The Morgan fingerprint density at radius 1 is 1.30 bits per heavy atom. The molecular weight excluding hydrogens is 407 g/mol. The number of furan rings is 1. The van der Waals surface area contributed by atoms with Gasteiger partial charge in [-0.25, -0.2) is 9.98 Å². The van der Waals surface area contributed by atoms with E-state index in [4.69, 9.17) is 8.83 Å². The third-order valence-corrected chi connectivity index (χ3v) is 3.02. The lowest BCUT2D eigenvalue weighted by Gasteiger charge is -2.13. The average molecular weight is 432 g/mol. The standard InChI is InChI=1S/C16H24N4O2.HI/c1-5-17-15(19-9-12-7-6-8-21-12)20-11-14-18-10-13(22-14)16(2,3)4;/h6-8,10H,5,9,11H2,1-4H3,(H2,17,19,20);1H. The van der Waals surface area contributed by atoms with Crippen LogP contribution in [-0.4, -0.2) is 17.5 Å². The SMILES string of the molecule is CCNC(=NCc1ccco1)NCc1ncc(C(C)(C)C)o1.I. The first kappa shape index (κ1) is 19.5. The maximum Gasteiger partial charge on any atom is 0.213 e. The van der Waals surface area contributed by atoms with Crippen molar-refractivity contribution in [1.29, 1.82) is 0 Å². The molecule has 0 amide bonds. The summed E-state index contributed by atoms with van der Waals surface area (Å²) in [6, 6.07) is 3.75. The van der Waals surface area contributed by atoms with Gasteiger partial charge < -0.3 is 19.5 Å². The maximum atomic E-state index is 5.75. The first-order valence-corrected chi connectivity index (χ1v) is 7.49. The highest BCUT2D eigenvalue weighted by atomic mass is 127. The van der Waals surface area contributed by atoms with E-state index in [1.54, 1.807) is 12.5 Å². The van der Waals surface area contributed by atoms with Gasteiger partial charge in [0.1, 0.15) is 18.1 Å². The van der Waals surface area contributed by atoms with E-state index in [9.17, 15) is 0 Å². The third-order valence-electron chi connectivity index (χ3n) is 3.02. The molecular formula is C16H25IN4O2. The Hall–Kier alpha value is -1.51. The molecule has 2 N–H and O–H groups in total. The average Bonchev–Trinajstić information content (AvgIpc) is 3.12. The second kappa shape index (κ2) is 8.95. The predicted molar refractivity (Wildman–Crippen MR) is 101 cm³/mol. The highest BCUT2D eigenvalue weighted by molar-refractivity contribution is 14.0. The lowest BCUT2D eigenvalue weighted by molar-refractivity contribution is 0.379. The van der Waals surface area contributed by atoms with Crippen molar-refractivity contribution in [2.45, 2.75) is 46.2 Å². The summed E-state index contributed by atoms with van der Waals surface area (Å²) in [6.07, 6.45) is 3.43. The number of nitrogens with zero attached hydrogens (tertiary/aromatic N) is 2. The van der Waals surface area contributed by atoms with Crippen molar-refractivity contribution in [3.8, 4) is 0 Å². The fraction of sp³-hybridized carbons (Fsp3) is 0.500. The molecule has 0 aliphatic heterocycles. The molecule has 128 valence electrons. The minimum absolute atomic E-state index is 0. The first-order valence-electron chi connectivity index (χ1n) is 7.49. The van der Waals surface area contributed by atoms with Gasteiger partial charge in [0.15, 0.2) is 5.96 Å². The molecule has 7 heteroatoms. The molecule has 2 heterocycles. The molecule has 0 aromatic carbocycles. The van der Waals surface area contributed by atoms with E-state index in [0.717, 1.165) is 18.1 Å². The summed E-state index contributed by atoms with van der Waals surface area (Å²) in [5, 5.41) is 6.39. The Balaban J connectivity index is 0.00000264. The van der Waals surface area contributed by atoms with Gasteiger partial charge in [-0.15, -0.1) is 24.0 Å². The number of halogens is 1. The number of nitrogens with one attached hydrogen (secondary N) is 2. The van der Waals surface area contributed by atoms with E-state index < -0.39 is 0 Å². The van der Waals surface area contributed by atoms with Crippen LogP contribution in [0, 0.1) is 0 Å². The zero-order chi connectivity index (χ0) is 16.0. The van der Waals surface area contributed by atoms with Crippen LogP contribution in [0.1, 0.15) is 45.1 Å². The van der Waals surface area contributed by atoms with Gasteiger partial charge in [0.25, 0.3) is 0 Å². The molecule has 0 spiro atoms. The van der Waals surface area contributed by atoms with Crippen molar-refractivity contribution >= 4 is 29.9 Å². The summed E-state index contributed by atoms with van der Waals surface area (Å²) in [6.45, 7) is 10.1. The molecule has 0 radical (unpaired) electrons. The van der Waals surface area contributed by atoms with Crippen LogP contribution in [0.5, 0.6) is 0 Å². The van der Waals surface area contributed by atoms with Gasteiger partial charge in [-0.2, -0.15) is 0 Å². The molecule has 0 bridgehead atoms. The van der Waals surface area contributed by atoms with Crippen molar-refractivity contribution < 1.29 is 8.83 Å². The van der Waals surface area contributed by atoms with Gasteiger partial charge in [-0.1, -0.05) is 20.8 Å². The molecule has 0 saturated carbocycles. The molecule has 0 saturated heterocycles. The zero-order valence-corrected chi connectivity index (χ0v) is 16.4. The number of oxazole rings is 1.